The Kier molecular flexibility index (Phi) is 11.7. The van der Waals surface area contributed by atoms with Gasteiger partial charge in [0.15, 0.2) is 0 Å². The van der Waals surface area contributed by atoms with Crippen molar-refractivity contribution in [2.45, 2.75) is 157 Å². The van der Waals surface area contributed by atoms with Crippen molar-refractivity contribution in [3.8, 4) is 0 Å². The first kappa shape index (κ1) is 41.1. The molecule has 0 N–H and O–H groups in total. The van der Waals surface area contributed by atoms with Gasteiger partial charge in [0.1, 0.15) is 0 Å². The summed E-state index contributed by atoms with van der Waals surface area (Å²) in [6.45, 7) is 54.2. The number of rotatable bonds is 7. The van der Waals surface area contributed by atoms with Gasteiger partial charge < -0.3 is 0 Å². The van der Waals surface area contributed by atoms with E-state index in [1.165, 1.54) is 74.1 Å². The molecule has 0 heterocycles. The Morgan fingerprint density at radius 3 is 1.48 bits per heavy atom. The molecule has 14 atom stereocenters. The molecule has 0 amide bonds. The summed E-state index contributed by atoms with van der Waals surface area (Å²) in [5.41, 5.74) is 22.2. The molecule has 0 aromatic heterocycles. The summed E-state index contributed by atoms with van der Waals surface area (Å²) < 4.78 is 0. The normalized spacial score (nSPS) is 35.8. The van der Waals surface area contributed by atoms with Crippen LogP contribution in [0, 0.1) is 146 Å². The molecule has 0 bridgehead atoms. The molecule has 0 nitrogen and oxygen atoms in total. The second-order valence-corrected chi connectivity index (χ2v) is 19.9. The minimum Gasteiger partial charge on any atom is -0.0909 e. The smallest absolute Gasteiger partial charge is 0.00943 e. The lowest BCUT2D eigenvalue weighted by molar-refractivity contribution is 0.0174. The van der Waals surface area contributed by atoms with E-state index in [2.05, 4.69) is 138 Å². The van der Waals surface area contributed by atoms with E-state index in [1.807, 2.05) is 0 Å². The maximum Gasteiger partial charge on any atom is -0.00943 e. The van der Waals surface area contributed by atoms with Crippen LogP contribution in [-0.2, 0) is 0 Å². The molecule has 3 aliphatic rings. The van der Waals surface area contributed by atoms with Crippen LogP contribution in [0.3, 0.4) is 0 Å². The van der Waals surface area contributed by atoms with Crippen LogP contribution in [0.25, 0.3) is 5.57 Å². The van der Waals surface area contributed by atoms with Crippen molar-refractivity contribution in [2.24, 2.45) is 76.9 Å². The van der Waals surface area contributed by atoms with Gasteiger partial charge in [-0.25, -0.2) is 0 Å². The molecule has 2 aromatic carbocycles. The van der Waals surface area contributed by atoms with E-state index in [9.17, 15) is 0 Å². The van der Waals surface area contributed by atoms with Crippen molar-refractivity contribution in [3.05, 3.63) is 84.5 Å². The number of fused-ring (bicyclic) bond motifs is 1. The SMILES string of the molecule is C=C(C(C)=C(C)C(C)C1CC(C)C(C)C1CC1C(C)C(C)C2C(c3c(C)c(C)c(C)c(C)c3C)C(C)C(C)C(C)C12)c1c(C)c(C)c(C)c(C)c1C. The summed E-state index contributed by atoms with van der Waals surface area (Å²) in [4.78, 5) is 0. The van der Waals surface area contributed by atoms with Crippen LogP contribution in [0.2, 0.25) is 0 Å². The molecular formula is C52H80. The molecule has 52 heavy (non-hydrogen) atoms. The van der Waals surface area contributed by atoms with Crippen LogP contribution in [0.5, 0.6) is 0 Å². The minimum atomic E-state index is 0.562. The summed E-state index contributed by atoms with van der Waals surface area (Å²) in [7, 11) is 0. The van der Waals surface area contributed by atoms with Crippen molar-refractivity contribution in [3.63, 3.8) is 0 Å². The highest BCUT2D eigenvalue weighted by Crippen LogP contribution is 2.65. The molecule has 0 saturated heterocycles. The lowest BCUT2D eigenvalue weighted by atomic mass is 9.54. The Morgan fingerprint density at radius 2 is 0.981 bits per heavy atom. The summed E-state index contributed by atoms with van der Waals surface area (Å²) in [6.07, 6.45) is 2.78. The molecule has 0 heteroatoms. The van der Waals surface area contributed by atoms with Crippen LogP contribution < -0.4 is 0 Å². The highest BCUT2D eigenvalue weighted by atomic mass is 14.6. The van der Waals surface area contributed by atoms with Crippen LogP contribution in [0.4, 0.5) is 0 Å². The highest BCUT2D eigenvalue weighted by molar-refractivity contribution is 5.82. The van der Waals surface area contributed by atoms with Gasteiger partial charge in [0.25, 0.3) is 0 Å². The first-order chi connectivity index (χ1) is 24.1. The molecule has 3 saturated carbocycles. The van der Waals surface area contributed by atoms with Gasteiger partial charge in [0.05, 0.1) is 0 Å². The van der Waals surface area contributed by atoms with Crippen molar-refractivity contribution in [1.82, 2.24) is 0 Å². The van der Waals surface area contributed by atoms with E-state index < -0.39 is 0 Å². The van der Waals surface area contributed by atoms with Gasteiger partial charge in [-0.2, -0.15) is 0 Å². The predicted molar refractivity (Wildman–Crippen MR) is 230 cm³/mol. The number of benzene rings is 2. The number of hydrogen-bond acceptors (Lipinski definition) is 0. The van der Waals surface area contributed by atoms with Gasteiger partial charge in [-0.15, -0.1) is 0 Å². The monoisotopic (exact) mass is 705 g/mol. The fourth-order valence-electron chi connectivity index (χ4n) is 13.3. The van der Waals surface area contributed by atoms with Gasteiger partial charge in [-0.05, 0) is 257 Å². The molecule has 3 aliphatic carbocycles. The van der Waals surface area contributed by atoms with E-state index in [0.717, 1.165) is 65.1 Å². The third-order valence-electron chi connectivity index (χ3n) is 18.7. The number of hydrogen-bond donors (Lipinski definition) is 0. The summed E-state index contributed by atoms with van der Waals surface area (Å²) in [5, 5.41) is 0. The molecule has 0 spiro atoms. The highest BCUT2D eigenvalue weighted by Gasteiger charge is 2.58. The first-order valence-corrected chi connectivity index (χ1v) is 21.6. The van der Waals surface area contributed by atoms with E-state index in [1.54, 1.807) is 22.3 Å². The van der Waals surface area contributed by atoms with Gasteiger partial charge in [0, 0.05) is 0 Å². The lowest BCUT2D eigenvalue weighted by Gasteiger charge is -2.51. The Bertz CT molecular complexity index is 1680. The first-order valence-electron chi connectivity index (χ1n) is 21.6. The minimum absolute atomic E-state index is 0.562. The molecule has 3 fully saturated rings. The molecule has 2 aromatic rings. The summed E-state index contributed by atoms with van der Waals surface area (Å²) in [6, 6.07) is 0. The standard InChI is InChI=1S/C52H80/c1-24-22-45(35(12)28(5)33(10)39(16)48-37(14)29(6)26(3)30(7)38(48)15)46(25(24)2)23-47-36(13)44(21)52-50(47)42(19)34(11)43(20)51(52)49-40(17)31(8)27(4)32(9)41(49)18/h24-25,34-36,42-47,50-52H,16,22-23H2,1-15,17-21H3. The molecule has 288 valence electrons. The van der Waals surface area contributed by atoms with Gasteiger partial charge in [-0.3, -0.25) is 0 Å². The molecule has 5 rings (SSSR count). The van der Waals surface area contributed by atoms with Crippen molar-refractivity contribution < 1.29 is 0 Å². The zero-order valence-corrected chi connectivity index (χ0v) is 37.7. The van der Waals surface area contributed by atoms with Crippen LogP contribution in [0.1, 0.15) is 155 Å². The average molecular weight is 705 g/mol. The zero-order valence-electron chi connectivity index (χ0n) is 37.7. The maximum atomic E-state index is 4.81. The van der Waals surface area contributed by atoms with Crippen LogP contribution >= 0.6 is 0 Å². The Labute approximate surface area is 323 Å². The van der Waals surface area contributed by atoms with Gasteiger partial charge >= 0.3 is 0 Å². The van der Waals surface area contributed by atoms with E-state index >= 15 is 0 Å². The van der Waals surface area contributed by atoms with Gasteiger partial charge in [0.2, 0.25) is 0 Å². The quantitative estimate of drug-likeness (QED) is 0.252. The third-order valence-corrected chi connectivity index (χ3v) is 18.7. The third kappa shape index (κ3) is 6.25. The fraction of sp³-hybridized carbons (Fsp3) is 0.692. The van der Waals surface area contributed by atoms with Gasteiger partial charge in [-0.1, -0.05) is 67.5 Å². The average Bonchev–Trinajstić information content (AvgIpc) is 3.53. The molecule has 0 radical (unpaired) electrons. The van der Waals surface area contributed by atoms with Crippen LogP contribution in [-0.4, -0.2) is 0 Å². The van der Waals surface area contributed by atoms with E-state index in [4.69, 9.17) is 6.58 Å². The molecule has 0 aliphatic heterocycles. The number of allylic oxidation sites excluding steroid dienone is 3. The topological polar surface area (TPSA) is 0 Å². The maximum absolute atomic E-state index is 4.81. The van der Waals surface area contributed by atoms with Crippen molar-refractivity contribution in [2.75, 3.05) is 0 Å². The zero-order chi connectivity index (χ0) is 39.2. The largest absolute Gasteiger partial charge is 0.0909 e. The summed E-state index contributed by atoms with van der Waals surface area (Å²) in [5.74, 6) is 10.4. The predicted octanol–water partition coefficient (Wildman–Crippen LogP) is 14.9. The second-order valence-electron chi connectivity index (χ2n) is 19.9. The Morgan fingerprint density at radius 1 is 0.538 bits per heavy atom. The van der Waals surface area contributed by atoms with E-state index in [0.29, 0.717) is 17.8 Å². The molecular weight excluding hydrogens is 625 g/mol. The Hall–Kier alpha value is -2.08. The second kappa shape index (κ2) is 14.9. The fourth-order valence-corrected chi connectivity index (χ4v) is 13.3. The van der Waals surface area contributed by atoms with Crippen molar-refractivity contribution >= 4 is 5.57 Å². The van der Waals surface area contributed by atoms with E-state index in [-0.39, 0.29) is 0 Å². The Balaban J connectivity index is 1.52. The van der Waals surface area contributed by atoms with Crippen LogP contribution in [0.15, 0.2) is 17.7 Å². The summed E-state index contributed by atoms with van der Waals surface area (Å²) >= 11 is 0. The lowest BCUT2D eigenvalue weighted by Crippen LogP contribution is -2.44. The molecule has 14 unspecified atom stereocenters. The van der Waals surface area contributed by atoms with Crippen molar-refractivity contribution in [1.29, 1.82) is 0 Å².